The van der Waals surface area contributed by atoms with Crippen molar-refractivity contribution in [2.24, 2.45) is 7.05 Å². The molecule has 78 valence electrons. The summed E-state index contributed by atoms with van der Waals surface area (Å²) in [6.45, 7) is 0. The van der Waals surface area contributed by atoms with E-state index in [9.17, 15) is 5.11 Å². The van der Waals surface area contributed by atoms with Gasteiger partial charge in [0.1, 0.15) is 0 Å². The summed E-state index contributed by atoms with van der Waals surface area (Å²) in [7, 11) is 3.49. The van der Waals surface area contributed by atoms with Gasteiger partial charge in [-0.3, -0.25) is 4.68 Å². The maximum absolute atomic E-state index is 10.0. The van der Waals surface area contributed by atoms with Crippen molar-refractivity contribution in [3.8, 4) is 0 Å². The largest absolute Gasteiger partial charge is 0.389 e. The van der Waals surface area contributed by atoms with E-state index in [1.165, 1.54) is 0 Å². The highest BCUT2D eigenvalue weighted by Gasteiger charge is 2.43. The molecule has 1 N–H and O–H groups in total. The fourth-order valence-corrected chi connectivity index (χ4v) is 1.91. The van der Waals surface area contributed by atoms with Crippen molar-refractivity contribution >= 4 is 0 Å². The van der Waals surface area contributed by atoms with Crippen LogP contribution in [0.2, 0.25) is 0 Å². The molecule has 1 aliphatic carbocycles. The van der Waals surface area contributed by atoms with Crippen molar-refractivity contribution in [3.05, 3.63) is 11.9 Å². The molecule has 0 aliphatic heterocycles. The van der Waals surface area contributed by atoms with Crippen LogP contribution in [-0.2, 0) is 18.2 Å². The van der Waals surface area contributed by atoms with E-state index in [0.717, 1.165) is 5.69 Å². The molecule has 1 aromatic rings. The lowest BCUT2D eigenvalue weighted by Gasteiger charge is -2.42. The molecule has 1 aliphatic rings. The van der Waals surface area contributed by atoms with Gasteiger partial charge in [0.2, 0.25) is 0 Å². The molecule has 1 fully saturated rings. The number of hydrogen-bond donors (Lipinski definition) is 1. The average Bonchev–Trinajstić information content (AvgIpc) is 2.46. The highest BCUT2D eigenvalue weighted by molar-refractivity contribution is 5.05. The van der Waals surface area contributed by atoms with Crippen LogP contribution in [0.5, 0.6) is 0 Å². The predicted molar refractivity (Wildman–Crippen MR) is 49.7 cm³/mol. The van der Waals surface area contributed by atoms with Crippen molar-refractivity contribution in [3.63, 3.8) is 0 Å². The van der Waals surface area contributed by atoms with Crippen molar-refractivity contribution in [1.29, 1.82) is 0 Å². The first kappa shape index (κ1) is 9.61. The zero-order valence-electron chi connectivity index (χ0n) is 8.47. The first-order valence-electron chi connectivity index (χ1n) is 4.72. The molecule has 1 saturated carbocycles. The van der Waals surface area contributed by atoms with Gasteiger partial charge in [0.15, 0.2) is 0 Å². The van der Waals surface area contributed by atoms with Gasteiger partial charge in [0.25, 0.3) is 0 Å². The second kappa shape index (κ2) is 3.33. The number of aromatic nitrogens is 3. The molecule has 5 nitrogen and oxygen atoms in total. The van der Waals surface area contributed by atoms with Crippen molar-refractivity contribution in [2.75, 3.05) is 7.11 Å². The van der Waals surface area contributed by atoms with Gasteiger partial charge in [-0.05, 0) is 0 Å². The van der Waals surface area contributed by atoms with E-state index in [1.54, 1.807) is 11.8 Å². The summed E-state index contributed by atoms with van der Waals surface area (Å²) in [4.78, 5) is 0. The Hall–Kier alpha value is -0.940. The molecular weight excluding hydrogens is 182 g/mol. The minimum Gasteiger partial charge on any atom is -0.389 e. The quantitative estimate of drug-likeness (QED) is 0.735. The molecular formula is C9H15N3O2. The summed E-state index contributed by atoms with van der Waals surface area (Å²) in [5, 5.41) is 17.8. The number of aliphatic hydroxyl groups is 1. The van der Waals surface area contributed by atoms with Gasteiger partial charge >= 0.3 is 0 Å². The van der Waals surface area contributed by atoms with Crippen LogP contribution in [0.3, 0.4) is 0 Å². The molecule has 0 saturated heterocycles. The molecule has 5 heteroatoms. The highest BCUT2D eigenvalue weighted by Crippen LogP contribution is 2.36. The zero-order valence-corrected chi connectivity index (χ0v) is 8.47. The van der Waals surface area contributed by atoms with E-state index in [4.69, 9.17) is 4.74 Å². The third-order valence-electron chi connectivity index (χ3n) is 2.71. The molecule has 2 rings (SSSR count). The Labute approximate surface area is 82.7 Å². The average molecular weight is 197 g/mol. The molecule has 0 amide bonds. The first-order chi connectivity index (χ1) is 6.61. The number of aryl methyl sites for hydroxylation is 1. The van der Waals surface area contributed by atoms with Crippen LogP contribution >= 0.6 is 0 Å². The fourth-order valence-electron chi connectivity index (χ4n) is 1.91. The van der Waals surface area contributed by atoms with Crippen LogP contribution in [0.15, 0.2) is 6.20 Å². The normalized spacial score (nSPS) is 31.5. The Kier molecular flexibility index (Phi) is 2.28. The highest BCUT2D eigenvalue weighted by atomic mass is 16.5. The molecule has 0 unspecified atom stereocenters. The second-order valence-corrected chi connectivity index (χ2v) is 4.05. The maximum atomic E-state index is 10.0. The molecule has 1 heterocycles. The summed E-state index contributed by atoms with van der Waals surface area (Å²) < 4.78 is 6.77. The molecule has 0 radical (unpaired) electrons. The lowest BCUT2D eigenvalue weighted by molar-refractivity contribution is -0.126. The number of methoxy groups -OCH3 is 1. The lowest BCUT2D eigenvalue weighted by atomic mass is 9.74. The smallest absolute Gasteiger partial charge is 0.0855 e. The number of rotatable bonds is 3. The Morgan fingerprint density at radius 2 is 2.43 bits per heavy atom. The summed E-state index contributed by atoms with van der Waals surface area (Å²) in [5.41, 5.74) is 0.209. The Morgan fingerprint density at radius 3 is 2.93 bits per heavy atom. The van der Waals surface area contributed by atoms with Gasteiger partial charge in [-0.2, -0.15) is 0 Å². The molecule has 14 heavy (non-hydrogen) atoms. The lowest BCUT2D eigenvalue weighted by Crippen LogP contribution is -2.49. The minimum atomic E-state index is -0.628. The third kappa shape index (κ3) is 1.78. The summed E-state index contributed by atoms with van der Waals surface area (Å²) in [6.07, 6.45) is 4.00. The SMILES string of the molecule is COC1CC(O)(Cc2cn(C)nn2)C1. The molecule has 0 spiro atoms. The van der Waals surface area contributed by atoms with Gasteiger partial charge in [-0.25, -0.2) is 0 Å². The molecule has 1 aromatic heterocycles. The van der Waals surface area contributed by atoms with Gasteiger partial charge in [-0.1, -0.05) is 5.21 Å². The maximum Gasteiger partial charge on any atom is 0.0855 e. The summed E-state index contributed by atoms with van der Waals surface area (Å²) in [5.74, 6) is 0. The topological polar surface area (TPSA) is 60.2 Å². The van der Waals surface area contributed by atoms with Crippen LogP contribution in [0, 0.1) is 0 Å². The summed E-state index contributed by atoms with van der Waals surface area (Å²) in [6, 6.07) is 0. The van der Waals surface area contributed by atoms with Gasteiger partial charge in [-0.15, -0.1) is 5.10 Å². The number of hydrogen-bond acceptors (Lipinski definition) is 4. The van der Waals surface area contributed by atoms with Crippen LogP contribution in [-0.4, -0.2) is 38.9 Å². The van der Waals surface area contributed by atoms with Crippen molar-refractivity contribution in [1.82, 2.24) is 15.0 Å². The van der Waals surface area contributed by atoms with E-state index in [1.807, 2.05) is 13.2 Å². The zero-order chi connectivity index (χ0) is 10.2. The minimum absolute atomic E-state index is 0.205. The molecule has 0 aromatic carbocycles. The van der Waals surface area contributed by atoms with Crippen LogP contribution in [0.4, 0.5) is 0 Å². The van der Waals surface area contributed by atoms with Crippen LogP contribution in [0.25, 0.3) is 0 Å². The van der Waals surface area contributed by atoms with Crippen LogP contribution in [0.1, 0.15) is 18.5 Å². The Bertz CT molecular complexity index is 318. The van der Waals surface area contributed by atoms with Gasteiger partial charge < -0.3 is 9.84 Å². The van der Waals surface area contributed by atoms with Crippen molar-refractivity contribution in [2.45, 2.75) is 31.0 Å². The predicted octanol–water partition coefficient (Wildman–Crippen LogP) is -0.103. The van der Waals surface area contributed by atoms with E-state index in [2.05, 4.69) is 10.3 Å². The standard InChI is InChI=1S/C9H15N3O2/c1-12-6-7(10-11-12)3-9(13)4-8(5-9)14-2/h6,8,13H,3-5H2,1-2H3. The van der Waals surface area contributed by atoms with Crippen molar-refractivity contribution < 1.29 is 9.84 Å². The van der Waals surface area contributed by atoms with Crippen LogP contribution < -0.4 is 0 Å². The van der Waals surface area contributed by atoms with Gasteiger partial charge in [0, 0.05) is 39.6 Å². The third-order valence-corrected chi connectivity index (χ3v) is 2.71. The van der Waals surface area contributed by atoms with Gasteiger partial charge in [0.05, 0.1) is 17.4 Å². The second-order valence-electron chi connectivity index (χ2n) is 4.05. The van der Waals surface area contributed by atoms with E-state index >= 15 is 0 Å². The Morgan fingerprint density at radius 1 is 1.71 bits per heavy atom. The fraction of sp³-hybridized carbons (Fsp3) is 0.778. The van der Waals surface area contributed by atoms with E-state index < -0.39 is 5.60 Å². The van der Waals surface area contributed by atoms with E-state index in [-0.39, 0.29) is 6.10 Å². The summed E-state index contributed by atoms with van der Waals surface area (Å²) >= 11 is 0. The number of nitrogens with zero attached hydrogens (tertiary/aromatic N) is 3. The molecule has 0 bridgehead atoms. The molecule has 0 atom stereocenters. The Balaban J connectivity index is 1.93. The number of ether oxygens (including phenoxy) is 1. The van der Waals surface area contributed by atoms with E-state index in [0.29, 0.717) is 19.3 Å². The monoisotopic (exact) mass is 197 g/mol. The first-order valence-corrected chi connectivity index (χ1v) is 4.72.